The first kappa shape index (κ1) is 12.8. The fourth-order valence-corrected chi connectivity index (χ4v) is 2.43. The van der Waals surface area contributed by atoms with Gasteiger partial charge in [-0.25, -0.2) is 14.3 Å². The molecule has 8 heteroatoms. The van der Waals surface area contributed by atoms with Gasteiger partial charge in [0.25, 0.3) is 0 Å². The Bertz CT molecular complexity index is 836. The predicted octanol–water partition coefficient (Wildman–Crippen LogP) is 1.90. The molecule has 0 fully saturated rings. The van der Waals surface area contributed by atoms with E-state index in [2.05, 4.69) is 31.1 Å². The Labute approximate surface area is 122 Å². The van der Waals surface area contributed by atoms with Crippen LogP contribution in [0.2, 0.25) is 0 Å². The highest BCUT2D eigenvalue weighted by Crippen LogP contribution is 2.25. The van der Waals surface area contributed by atoms with E-state index in [1.165, 1.54) is 16.8 Å². The standard InChI is InChI=1S/C12H10BrN5O2/c1-6-7(5-17(2)16-6)9-3-10(12(19)20)18-11(15-9)8(13)4-14-18/h3-5H,1-2H3,(H,19,20). The second-order valence-corrected chi connectivity index (χ2v) is 5.22. The highest BCUT2D eigenvalue weighted by Gasteiger charge is 2.17. The van der Waals surface area contributed by atoms with E-state index < -0.39 is 5.97 Å². The van der Waals surface area contributed by atoms with Crippen molar-refractivity contribution in [3.63, 3.8) is 0 Å². The maximum atomic E-state index is 11.4. The van der Waals surface area contributed by atoms with Crippen molar-refractivity contribution in [3.8, 4) is 11.3 Å². The Kier molecular flexibility index (Phi) is 2.82. The lowest BCUT2D eigenvalue weighted by atomic mass is 10.1. The molecule has 3 heterocycles. The zero-order chi connectivity index (χ0) is 14.4. The molecule has 0 aliphatic carbocycles. The number of nitrogens with zero attached hydrogens (tertiary/aromatic N) is 5. The lowest BCUT2D eigenvalue weighted by Crippen LogP contribution is -2.08. The van der Waals surface area contributed by atoms with Crippen molar-refractivity contribution in [1.29, 1.82) is 0 Å². The average molecular weight is 336 g/mol. The molecule has 0 aliphatic rings. The number of carboxylic acids is 1. The molecule has 0 saturated carbocycles. The van der Waals surface area contributed by atoms with Crippen LogP contribution in [0.1, 0.15) is 16.2 Å². The zero-order valence-electron chi connectivity index (χ0n) is 10.7. The van der Waals surface area contributed by atoms with Crippen LogP contribution >= 0.6 is 15.9 Å². The lowest BCUT2D eigenvalue weighted by molar-refractivity contribution is 0.0687. The Hall–Kier alpha value is -2.22. The summed E-state index contributed by atoms with van der Waals surface area (Å²) in [5, 5.41) is 17.6. The third-order valence-corrected chi connectivity index (χ3v) is 3.50. The highest BCUT2D eigenvalue weighted by atomic mass is 79.9. The summed E-state index contributed by atoms with van der Waals surface area (Å²) in [4.78, 5) is 15.8. The van der Waals surface area contributed by atoms with Crippen LogP contribution in [0.3, 0.4) is 0 Å². The predicted molar refractivity (Wildman–Crippen MR) is 74.6 cm³/mol. The van der Waals surface area contributed by atoms with Gasteiger partial charge < -0.3 is 5.11 Å². The van der Waals surface area contributed by atoms with Gasteiger partial charge in [-0.3, -0.25) is 4.68 Å². The van der Waals surface area contributed by atoms with Crippen LogP contribution in [0.15, 0.2) is 22.9 Å². The maximum Gasteiger partial charge on any atom is 0.354 e. The first-order valence-electron chi connectivity index (χ1n) is 5.75. The minimum absolute atomic E-state index is 0.0546. The van der Waals surface area contributed by atoms with E-state index in [0.29, 0.717) is 15.8 Å². The molecular weight excluding hydrogens is 326 g/mol. The number of aryl methyl sites for hydroxylation is 2. The highest BCUT2D eigenvalue weighted by molar-refractivity contribution is 9.10. The van der Waals surface area contributed by atoms with Crippen LogP contribution in [0.4, 0.5) is 0 Å². The fraction of sp³-hybridized carbons (Fsp3) is 0.167. The van der Waals surface area contributed by atoms with Gasteiger partial charge in [-0.05, 0) is 28.9 Å². The van der Waals surface area contributed by atoms with Crippen LogP contribution < -0.4 is 0 Å². The lowest BCUT2D eigenvalue weighted by Gasteiger charge is -2.04. The summed E-state index contributed by atoms with van der Waals surface area (Å²) in [6, 6.07) is 1.50. The molecule has 0 atom stereocenters. The number of fused-ring (bicyclic) bond motifs is 1. The van der Waals surface area contributed by atoms with Crippen LogP contribution in [0, 0.1) is 6.92 Å². The first-order valence-corrected chi connectivity index (χ1v) is 6.55. The number of halogens is 1. The molecule has 3 aromatic heterocycles. The van der Waals surface area contributed by atoms with Gasteiger partial charge in [-0.1, -0.05) is 0 Å². The molecular formula is C12H10BrN5O2. The minimum Gasteiger partial charge on any atom is -0.477 e. The molecule has 0 bridgehead atoms. The maximum absolute atomic E-state index is 11.4. The molecule has 102 valence electrons. The second kappa shape index (κ2) is 4.41. The number of hydrogen-bond donors (Lipinski definition) is 1. The van der Waals surface area contributed by atoms with Gasteiger partial charge in [-0.2, -0.15) is 10.2 Å². The second-order valence-electron chi connectivity index (χ2n) is 4.36. The summed E-state index contributed by atoms with van der Waals surface area (Å²) in [6.07, 6.45) is 3.33. The third-order valence-electron chi connectivity index (χ3n) is 2.94. The number of carboxylic acid groups (broad SMARTS) is 1. The van der Waals surface area contributed by atoms with E-state index >= 15 is 0 Å². The zero-order valence-corrected chi connectivity index (χ0v) is 12.3. The molecule has 7 nitrogen and oxygen atoms in total. The van der Waals surface area contributed by atoms with Gasteiger partial charge in [0, 0.05) is 18.8 Å². The van der Waals surface area contributed by atoms with Crippen LogP contribution in [-0.4, -0.2) is 35.5 Å². The van der Waals surface area contributed by atoms with Crippen LogP contribution in [0.5, 0.6) is 0 Å². The van der Waals surface area contributed by atoms with Crippen molar-refractivity contribution < 1.29 is 9.90 Å². The van der Waals surface area contributed by atoms with Gasteiger partial charge in [0.15, 0.2) is 11.3 Å². The quantitative estimate of drug-likeness (QED) is 0.773. The molecule has 0 spiro atoms. The van der Waals surface area contributed by atoms with Crippen LogP contribution in [-0.2, 0) is 7.05 Å². The molecule has 0 radical (unpaired) electrons. The summed E-state index contributed by atoms with van der Waals surface area (Å²) in [6.45, 7) is 1.85. The monoisotopic (exact) mass is 335 g/mol. The molecule has 3 aromatic rings. The van der Waals surface area contributed by atoms with Crippen molar-refractivity contribution in [2.45, 2.75) is 6.92 Å². The smallest absolute Gasteiger partial charge is 0.354 e. The Balaban J connectivity index is 2.34. The number of hydrogen-bond acceptors (Lipinski definition) is 4. The first-order chi connectivity index (χ1) is 9.47. The summed E-state index contributed by atoms with van der Waals surface area (Å²) >= 11 is 3.32. The summed E-state index contributed by atoms with van der Waals surface area (Å²) < 4.78 is 3.60. The molecule has 0 saturated heterocycles. The van der Waals surface area contributed by atoms with E-state index in [0.717, 1.165) is 11.3 Å². The third kappa shape index (κ3) is 1.88. The normalized spacial score (nSPS) is 11.2. The van der Waals surface area contributed by atoms with Gasteiger partial charge in [0.1, 0.15) is 0 Å². The fourth-order valence-electron chi connectivity index (χ4n) is 2.08. The van der Waals surface area contributed by atoms with Gasteiger partial charge in [-0.15, -0.1) is 0 Å². The average Bonchev–Trinajstić information content (AvgIpc) is 2.92. The number of aromatic nitrogens is 5. The summed E-state index contributed by atoms with van der Waals surface area (Å²) in [5.74, 6) is -1.06. The van der Waals surface area contributed by atoms with E-state index in [-0.39, 0.29) is 5.69 Å². The van der Waals surface area contributed by atoms with Crippen molar-refractivity contribution in [1.82, 2.24) is 24.4 Å². The van der Waals surface area contributed by atoms with Gasteiger partial charge in [0.05, 0.1) is 22.1 Å². The van der Waals surface area contributed by atoms with Crippen molar-refractivity contribution in [2.24, 2.45) is 7.05 Å². The van der Waals surface area contributed by atoms with Gasteiger partial charge in [0.2, 0.25) is 0 Å². The van der Waals surface area contributed by atoms with Crippen molar-refractivity contribution >= 4 is 27.5 Å². The van der Waals surface area contributed by atoms with E-state index in [9.17, 15) is 9.90 Å². The molecule has 0 amide bonds. The van der Waals surface area contributed by atoms with Crippen molar-refractivity contribution in [3.05, 3.63) is 34.3 Å². The molecule has 0 unspecified atom stereocenters. The summed E-state index contributed by atoms with van der Waals surface area (Å²) in [5.41, 5.74) is 2.66. The minimum atomic E-state index is -1.06. The molecule has 3 rings (SSSR count). The van der Waals surface area contributed by atoms with E-state index in [1.807, 2.05) is 20.2 Å². The topological polar surface area (TPSA) is 85.3 Å². The molecule has 0 aromatic carbocycles. The number of carbonyl (C=O) groups is 1. The van der Waals surface area contributed by atoms with Crippen molar-refractivity contribution in [2.75, 3.05) is 0 Å². The largest absolute Gasteiger partial charge is 0.477 e. The Morgan fingerprint density at radius 3 is 2.80 bits per heavy atom. The molecule has 1 N–H and O–H groups in total. The SMILES string of the molecule is Cc1nn(C)cc1-c1cc(C(=O)O)n2ncc(Br)c2n1. The number of rotatable bonds is 2. The number of aromatic carboxylic acids is 1. The van der Waals surface area contributed by atoms with E-state index in [4.69, 9.17) is 0 Å². The van der Waals surface area contributed by atoms with Crippen LogP contribution in [0.25, 0.3) is 16.9 Å². The Morgan fingerprint density at radius 2 is 2.20 bits per heavy atom. The van der Waals surface area contributed by atoms with E-state index in [1.54, 1.807) is 4.68 Å². The van der Waals surface area contributed by atoms with Gasteiger partial charge >= 0.3 is 5.97 Å². The summed E-state index contributed by atoms with van der Waals surface area (Å²) in [7, 11) is 1.81. The molecule has 20 heavy (non-hydrogen) atoms. The molecule has 0 aliphatic heterocycles. The Morgan fingerprint density at radius 1 is 1.45 bits per heavy atom.